The van der Waals surface area contributed by atoms with E-state index in [2.05, 4.69) is 52.7 Å². The van der Waals surface area contributed by atoms with Crippen LogP contribution in [-0.4, -0.2) is 17.6 Å². The molecule has 0 amide bonds. The first-order valence-electron chi connectivity index (χ1n) is 5.96. The summed E-state index contributed by atoms with van der Waals surface area (Å²) in [5, 5.41) is 0. The summed E-state index contributed by atoms with van der Waals surface area (Å²) in [6.07, 6.45) is 4.71. The van der Waals surface area contributed by atoms with E-state index in [1.54, 1.807) is 0 Å². The summed E-state index contributed by atoms with van der Waals surface area (Å²) in [4.78, 5) is 6.96. The van der Waals surface area contributed by atoms with Gasteiger partial charge in [0, 0.05) is 18.8 Å². The van der Waals surface area contributed by atoms with Gasteiger partial charge in [-0.1, -0.05) is 0 Å². The number of hydrogen-bond donors (Lipinski definition) is 0. The molecule has 2 nitrogen and oxygen atoms in total. The average molecular weight is 283 g/mol. The van der Waals surface area contributed by atoms with Crippen molar-refractivity contribution in [1.29, 1.82) is 0 Å². The van der Waals surface area contributed by atoms with Gasteiger partial charge in [0.05, 0.1) is 4.47 Å². The Morgan fingerprint density at radius 2 is 2.19 bits per heavy atom. The molecule has 0 aliphatic heterocycles. The van der Waals surface area contributed by atoms with Gasteiger partial charge in [-0.25, -0.2) is 4.98 Å². The fraction of sp³-hybridized carbons (Fsp3) is 0.615. The van der Waals surface area contributed by atoms with Gasteiger partial charge >= 0.3 is 0 Å². The molecule has 1 fully saturated rings. The van der Waals surface area contributed by atoms with E-state index in [0.29, 0.717) is 6.04 Å². The van der Waals surface area contributed by atoms with Gasteiger partial charge in [0.2, 0.25) is 0 Å². The molecule has 0 atom stereocenters. The second-order valence-electron chi connectivity index (χ2n) is 5.01. The topological polar surface area (TPSA) is 16.1 Å². The summed E-state index contributed by atoms with van der Waals surface area (Å²) in [6, 6.07) is 2.65. The second-order valence-corrected chi connectivity index (χ2v) is 5.86. The molecule has 0 radical (unpaired) electrons. The van der Waals surface area contributed by atoms with Crippen LogP contribution in [0.4, 0.5) is 5.82 Å². The lowest BCUT2D eigenvalue weighted by atomic mass is 10.2. The number of pyridine rings is 1. The van der Waals surface area contributed by atoms with Gasteiger partial charge in [-0.15, -0.1) is 0 Å². The molecule has 0 saturated heterocycles. The molecule has 0 bridgehead atoms. The summed E-state index contributed by atoms with van der Waals surface area (Å²) in [6.45, 7) is 7.68. The quantitative estimate of drug-likeness (QED) is 0.836. The van der Waals surface area contributed by atoms with Crippen LogP contribution in [0.3, 0.4) is 0 Å². The Kier molecular flexibility index (Phi) is 3.53. The lowest BCUT2D eigenvalue weighted by molar-refractivity contribution is 0.635. The molecule has 0 unspecified atom stereocenters. The van der Waals surface area contributed by atoms with Crippen molar-refractivity contribution in [3.8, 4) is 0 Å². The molecular formula is C13H19BrN2. The molecule has 0 N–H and O–H groups in total. The van der Waals surface area contributed by atoms with Crippen molar-refractivity contribution in [2.75, 3.05) is 11.4 Å². The first-order valence-corrected chi connectivity index (χ1v) is 6.76. The molecule has 1 aromatic heterocycles. The van der Waals surface area contributed by atoms with Crippen LogP contribution in [0.1, 0.15) is 32.3 Å². The van der Waals surface area contributed by atoms with Crippen LogP contribution in [-0.2, 0) is 0 Å². The number of aryl methyl sites for hydroxylation is 1. The highest BCUT2D eigenvalue weighted by molar-refractivity contribution is 9.10. The minimum absolute atomic E-state index is 0.507. The normalized spacial score (nSPS) is 15.6. The minimum Gasteiger partial charge on any atom is -0.353 e. The Hall–Kier alpha value is -0.570. The van der Waals surface area contributed by atoms with Gasteiger partial charge < -0.3 is 4.90 Å². The molecule has 0 spiro atoms. The number of anilines is 1. The fourth-order valence-corrected chi connectivity index (χ4v) is 2.55. The van der Waals surface area contributed by atoms with Gasteiger partial charge in [-0.2, -0.15) is 0 Å². The lowest BCUT2D eigenvalue weighted by Gasteiger charge is -2.28. The molecule has 1 aliphatic carbocycles. The first-order chi connectivity index (χ1) is 7.58. The Labute approximate surface area is 106 Å². The zero-order valence-corrected chi connectivity index (χ0v) is 11.8. The maximum atomic E-state index is 4.56. The van der Waals surface area contributed by atoms with E-state index in [1.165, 1.54) is 18.4 Å². The molecule has 1 aliphatic rings. The number of nitrogens with zero attached hydrogens (tertiary/aromatic N) is 2. The number of rotatable bonds is 4. The average Bonchev–Trinajstić information content (AvgIpc) is 2.98. The van der Waals surface area contributed by atoms with Crippen LogP contribution in [0.5, 0.6) is 0 Å². The predicted octanol–water partition coefficient (Wildman–Crippen LogP) is 3.78. The standard InChI is InChI=1S/C13H19BrN2/c1-9(2)16(8-11-4-5-11)13-12(14)6-10(3)7-15-13/h6-7,9,11H,4-5,8H2,1-3H3. The highest BCUT2D eigenvalue weighted by atomic mass is 79.9. The Bertz CT molecular complexity index is 372. The highest BCUT2D eigenvalue weighted by Gasteiger charge is 2.27. The summed E-state index contributed by atoms with van der Waals surface area (Å²) in [5.74, 6) is 1.98. The van der Waals surface area contributed by atoms with Crippen molar-refractivity contribution in [2.24, 2.45) is 5.92 Å². The van der Waals surface area contributed by atoms with E-state index in [4.69, 9.17) is 0 Å². The number of hydrogen-bond acceptors (Lipinski definition) is 2. The van der Waals surface area contributed by atoms with E-state index < -0.39 is 0 Å². The molecule has 88 valence electrons. The van der Waals surface area contributed by atoms with Crippen LogP contribution < -0.4 is 4.90 Å². The van der Waals surface area contributed by atoms with Gasteiger partial charge in [0.25, 0.3) is 0 Å². The van der Waals surface area contributed by atoms with Crippen molar-refractivity contribution in [1.82, 2.24) is 4.98 Å². The summed E-state index contributed by atoms with van der Waals surface area (Å²) >= 11 is 3.62. The number of halogens is 1. The van der Waals surface area contributed by atoms with Crippen molar-refractivity contribution >= 4 is 21.7 Å². The number of aromatic nitrogens is 1. The van der Waals surface area contributed by atoms with Crippen LogP contribution in [0, 0.1) is 12.8 Å². The molecular weight excluding hydrogens is 264 g/mol. The Morgan fingerprint density at radius 3 is 2.69 bits per heavy atom. The summed E-state index contributed by atoms with van der Waals surface area (Å²) in [5.41, 5.74) is 1.20. The minimum atomic E-state index is 0.507. The molecule has 16 heavy (non-hydrogen) atoms. The smallest absolute Gasteiger partial charge is 0.143 e. The van der Waals surface area contributed by atoms with E-state index in [1.807, 2.05) is 6.20 Å². The Morgan fingerprint density at radius 1 is 1.50 bits per heavy atom. The summed E-state index contributed by atoms with van der Waals surface area (Å²) in [7, 11) is 0. The van der Waals surface area contributed by atoms with E-state index in [-0.39, 0.29) is 0 Å². The van der Waals surface area contributed by atoms with Gasteiger partial charge in [0.15, 0.2) is 0 Å². The SMILES string of the molecule is Cc1cnc(N(CC2CC2)C(C)C)c(Br)c1. The molecule has 3 heteroatoms. The largest absolute Gasteiger partial charge is 0.353 e. The van der Waals surface area contributed by atoms with Crippen LogP contribution >= 0.6 is 15.9 Å². The molecule has 1 saturated carbocycles. The molecule has 2 rings (SSSR count). The highest BCUT2D eigenvalue weighted by Crippen LogP contribution is 2.34. The van der Waals surface area contributed by atoms with Crippen LogP contribution in [0.2, 0.25) is 0 Å². The van der Waals surface area contributed by atoms with E-state index in [9.17, 15) is 0 Å². The van der Waals surface area contributed by atoms with Crippen molar-refractivity contribution in [3.63, 3.8) is 0 Å². The Balaban J connectivity index is 2.22. The second kappa shape index (κ2) is 4.74. The van der Waals surface area contributed by atoms with Crippen LogP contribution in [0.15, 0.2) is 16.7 Å². The maximum absolute atomic E-state index is 4.56. The zero-order chi connectivity index (χ0) is 11.7. The third-order valence-electron chi connectivity index (χ3n) is 3.01. The fourth-order valence-electron chi connectivity index (χ4n) is 1.86. The van der Waals surface area contributed by atoms with Gasteiger partial charge in [-0.3, -0.25) is 0 Å². The monoisotopic (exact) mass is 282 g/mol. The lowest BCUT2D eigenvalue weighted by Crippen LogP contribution is -2.33. The third-order valence-corrected chi connectivity index (χ3v) is 3.59. The maximum Gasteiger partial charge on any atom is 0.143 e. The van der Waals surface area contributed by atoms with E-state index in [0.717, 1.165) is 22.8 Å². The van der Waals surface area contributed by atoms with Gasteiger partial charge in [-0.05, 0) is 67.1 Å². The third kappa shape index (κ3) is 2.76. The predicted molar refractivity (Wildman–Crippen MR) is 71.9 cm³/mol. The van der Waals surface area contributed by atoms with E-state index >= 15 is 0 Å². The van der Waals surface area contributed by atoms with Gasteiger partial charge in [0.1, 0.15) is 5.82 Å². The van der Waals surface area contributed by atoms with Crippen LogP contribution in [0.25, 0.3) is 0 Å². The molecule has 1 aromatic rings. The van der Waals surface area contributed by atoms with Crippen molar-refractivity contribution in [2.45, 2.75) is 39.7 Å². The zero-order valence-electron chi connectivity index (χ0n) is 10.2. The molecule has 1 heterocycles. The van der Waals surface area contributed by atoms with Crippen molar-refractivity contribution < 1.29 is 0 Å². The summed E-state index contributed by atoms with van der Waals surface area (Å²) < 4.78 is 1.11. The van der Waals surface area contributed by atoms with Crippen molar-refractivity contribution in [3.05, 3.63) is 22.3 Å². The molecule has 0 aromatic carbocycles. The first kappa shape index (κ1) is 11.9.